The Balaban J connectivity index is 2.44. The van der Waals surface area contributed by atoms with Crippen LogP contribution < -0.4 is 5.56 Å². The lowest BCUT2D eigenvalue weighted by molar-refractivity contribution is -0.129. The minimum atomic E-state index is -0.127. The number of nitrogens with zero attached hydrogens (tertiary/aromatic N) is 1. The van der Waals surface area contributed by atoms with Crippen molar-refractivity contribution >= 4 is 16.8 Å². The SMILES string of the molecule is CCN(Cc1cc2ccc(C)cc2[nH]c1=O)C(C)=O. The molecule has 1 heterocycles. The fourth-order valence-corrected chi connectivity index (χ4v) is 2.13. The molecule has 0 radical (unpaired) electrons. The molecule has 0 atom stereocenters. The molecule has 0 unspecified atom stereocenters. The largest absolute Gasteiger partial charge is 0.339 e. The third kappa shape index (κ3) is 2.84. The normalized spacial score (nSPS) is 10.7. The van der Waals surface area contributed by atoms with Crippen molar-refractivity contribution in [3.05, 3.63) is 45.7 Å². The highest BCUT2D eigenvalue weighted by molar-refractivity contribution is 5.79. The monoisotopic (exact) mass is 258 g/mol. The molecule has 1 amide bonds. The van der Waals surface area contributed by atoms with Gasteiger partial charge in [0.05, 0.1) is 6.54 Å². The summed E-state index contributed by atoms with van der Waals surface area (Å²) in [5.41, 5.74) is 2.43. The average molecular weight is 258 g/mol. The number of pyridine rings is 1. The first-order valence-corrected chi connectivity index (χ1v) is 6.39. The van der Waals surface area contributed by atoms with E-state index < -0.39 is 0 Å². The van der Waals surface area contributed by atoms with Crippen molar-refractivity contribution in [3.63, 3.8) is 0 Å². The molecule has 0 saturated carbocycles. The van der Waals surface area contributed by atoms with E-state index in [0.717, 1.165) is 16.5 Å². The van der Waals surface area contributed by atoms with Crippen molar-refractivity contribution in [2.24, 2.45) is 0 Å². The van der Waals surface area contributed by atoms with Gasteiger partial charge in [-0.1, -0.05) is 12.1 Å². The van der Waals surface area contributed by atoms with Crippen LogP contribution >= 0.6 is 0 Å². The van der Waals surface area contributed by atoms with Gasteiger partial charge in [0.15, 0.2) is 0 Å². The molecule has 0 saturated heterocycles. The smallest absolute Gasteiger partial charge is 0.253 e. The highest BCUT2D eigenvalue weighted by Gasteiger charge is 2.10. The highest BCUT2D eigenvalue weighted by atomic mass is 16.2. The van der Waals surface area contributed by atoms with Gasteiger partial charge >= 0.3 is 0 Å². The molecule has 0 fully saturated rings. The van der Waals surface area contributed by atoms with Crippen molar-refractivity contribution in [2.75, 3.05) is 6.54 Å². The number of rotatable bonds is 3. The second-order valence-electron chi connectivity index (χ2n) is 4.75. The van der Waals surface area contributed by atoms with Crippen LogP contribution in [-0.2, 0) is 11.3 Å². The Kier molecular flexibility index (Phi) is 3.69. The van der Waals surface area contributed by atoms with Gasteiger partial charge in [-0.2, -0.15) is 0 Å². The molecule has 1 N–H and O–H groups in total. The average Bonchev–Trinajstić information content (AvgIpc) is 2.35. The summed E-state index contributed by atoms with van der Waals surface area (Å²) in [6.07, 6.45) is 0. The van der Waals surface area contributed by atoms with Crippen molar-refractivity contribution in [1.82, 2.24) is 9.88 Å². The number of nitrogens with one attached hydrogen (secondary N) is 1. The number of hydrogen-bond acceptors (Lipinski definition) is 2. The van der Waals surface area contributed by atoms with Crippen LogP contribution in [0.2, 0.25) is 0 Å². The van der Waals surface area contributed by atoms with Crippen LogP contribution in [0.4, 0.5) is 0 Å². The van der Waals surface area contributed by atoms with Gasteiger partial charge in [0.2, 0.25) is 5.91 Å². The maximum Gasteiger partial charge on any atom is 0.253 e. The number of benzene rings is 1. The van der Waals surface area contributed by atoms with Gasteiger partial charge in [0, 0.05) is 24.5 Å². The Labute approximate surface area is 112 Å². The Morgan fingerprint density at radius 2 is 2.05 bits per heavy atom. The molecule has 0 bridgehead atoms. The lowest BCUT2D eigenvalue weighted by atomic mass is 10.1. The van der Waals surface area contributed by atoms with Gasteiger partial charge in [-0.25, -0.2) is 0 Å². The molecule has 0 aliphatic carbocycles. The van der Waals surface area contributed by atoms with E-state index in [1.165, 1.54) is 6.92 Å². The fraction of sp³-hybridized carbons (Fsp3) is 0.333. The first-order valence-electron chi connectivity index (χ1n) is 6.39. The summed E-state index contributed by atoms with van der Waals surface area (Å²) in [7, 11) is 0. The summed E-state index contributed by atoms with van der Waals surface area (Å²) >= 11 is 0. The molecule has 0 spiro atoms. The summed E-state index contributed by atoms with van der Waals surface area (Å²) in [5.74, 6) is -0.0223. The number of aromatic nitrogens is 1. The van der Waals surface area contributed by atoms with Crippen LogP contribution in [0.15, 0.2) is 29.1 Å². The molecule has 19 heavy (non-hydrogen) atoms. The van der Waals surface area contributed by atoms with Crippen molar-refractivity contribution in [1.29, 1.82) is 0 Å². The van der Waals surface area contributed by atoms with Gasteiger partial charge in [0.25, 0.3) is 5.56 Å². The molecule has 100 valence electrons. The molecule has 2 aromatic rings. The minimum absolute atomic E-state index is 0.0223. The summed E-state index contributed by atoms with van der Waals surface area (Å²) in [6.45, 7) is 6.36. The van der Waals surface area contributed by atoms with Gasteiger partial charge < -0.3 is 9.88 Å². The number of H-pyrrole nitrogens is 1. The van der Waals surface area contributed by atoms with E-state index in [1.54, 1.807) is 4.90 Å². The summed E-state index contributed by atoms with van der Waals surface area (Å²) in [6, 6.07) is 7.80. The summed E-state index contributed by atoms with van der Waals surface area (Å²) in [5, 5.41) is 0.986. The van der Waals surface area contributed by atoms with Crippen LogP contribution in [0.3, 0.4) is 0 Å². The minimum Gasteiger partial charge on any atom is -0.339 e. The van der Waals surface area contributed by atoms with Crippen molar-refractivity contribution in [2.45, 2.75) is 27.3 Å². The predicted molar refractivity (Wildman–Crippen MR) is 76.1 cm³/mol. The molecule has 4 heteroatoms. The van der Waals surface area contributed by atoms with E-state index in [-0.39, 0.29) is 11.5 Å². The number of hydrogen-bond donors (Lipinski definition) is 1. The highest BCUT2D eigenvalue weighted by Crippen LogP contribution is 2.13. The number of aromatic amines is 1. The standard InChI is InChI=1S/C15H18N2O2/c1-4-17(11(3)18)9-13-8-12-6-5-10(2)7-14(12)16-15(13)19/h5-8H,4,9H2,1-3H3,(H,16,19). The number of carbonyl (C=O) groups excluding carboxylic acids is 1. The van der Waals surface area contributed by atoms with E-state index in [2.05, 4.69) is 4.98 Å². The molecule has 1 aromatic heterocycles. The molecular formula is C15H18N2O2. The topological polar surface area (TPSA) is 53.2 Å². The first kappa shape index (κ1) is 13.3. The van der Waals surface area contributed by atoms with Crippen molar-refractivity contribution < 1.29 is 4.79 Å². The zero-order valence-electron chi connectivity index (χ0n) is 11.5. The lowest BCUT2D eigenvalue weighted by Crippen LogP contribution is -2.30. The Hall–Kier alpha value is -2.10. The molecule has 2 rings (SSSR count). The maximum absolute atomic E-state index is 12.0. The van der Waals surface area contributed by atoms with Gasteiger partial charge in [-0.05, 0) is 36.9 Å². The molecule has 0 aliphatic rings. The second kappa shape index (κ2) is 5.26. The van der Waals surface area contributed by atoms with Gasteiger partial charge in [-0.3, -0.25) is 9.59 Å². The molecule has 0 aliphatic heterocycles. The summed E-state index contributed by atoms with van der Waals surface area (Å²) < 4.78 is 0. The van der Waals surface area contributed by atoms with Crippen LogP contribution in [-0.4, -0.2) is 22.3 Å². The Morgan fingerprint density at radius 1 is 1.32 bits per heavy atom. The van der Waals surface area contributed by atoms with Crippen LogP contribution in [0, 0.1) is 6.92 Å². The van der Waals surface area contributed by atoms with Crippen LogP contribution in [0.1, 0.15) is 25.0 Å². The van der Waals surface area contributed by atoms with Crippen LogP contribution in [0.5, 0.6) is 0 Å². The quantitative estimate of drug-likeness (QED) is 0.917. The zero-order valence-corrected chi connectivity index (χ0v) is 11.5. The molecule has 4 nitrogen and oxygen atoms in total. The summed E-state index contributed by atoms with van der Waals surface area (Å²) in [4.78, 5) is 28.0. The zero-order chi connectivity index (χ0) is 14.0. The number of aryl methyl sites for hydroxylation is 1. The number of fused-ring (bicyclic) bond motifs is 1. The van der Waals surface area contributed by atoms with E-state index in [4.69, 9.17) is 0 Å². The maximum atomic E-state index is 12.0. The molecule has 1 aromatic carbocycles. The Bertz CT molecular complexity index is 673. The van der Waals surface area contributed by atoms with Gasteiger partial charge in [-0.15, -0.1) is 0 Å². The third-order valence-electron chi connectivity index (χ3n) is 3.27. The first-order chi connectivity index (χ1) is 9.01. The van der Waals surface area contributed by atoms with Crippen LogP contribution in [0.25, 0.3) is 10.9 Å². The fourth-order valence-electron chi connectivity index (χ4n) is 2.13. The lowest BCUT2D eigenvalue weighted by Gasteiger charge is -2.18. The number of carbonyl (C=O) groups is 1. The van der Waals surface area contributed by atoms with E-state index in [9.17, 15) is 9.59 Å². The Morgan fingerprint density at radius 3 is 2.68 bits per heavy atom. The van der Waals surface area contributed by atoms with E-state index >= 15 is 0 Å². The predicted octanol–water partition coefficient (Wildman–Crippen LogP) is 2.20. The van der Waals surface area contributed by atoms with E-state index in [0.29, 0.717) is 18.7 Å². The van der Waals surface area contributed by atoms with Crippen molar-refractivity contribution in [3.8, 4) is 0 Å². The van der Waals surface area contributed by atoms with E-state index in [1.807, 2.05) is 38.1 Å². The second-order valence-corrected chi connectivity index (χ2v) is 4.75. The molecular weight excluding hydrogens is 240 g/mol. The third-order valence-corrected chi connectivity index (χ3v) is 3.27. The van der Waals surface area contributed by atoms with Gasteiger partial charge in [0.1, 0.15) is 0 Å². The number of amides is 1.